The molecule has 0 spiro atoms. The molecule has 0 radical (unpaired) electrons. The summed E-state index contributed by atoms with van der Waals surface area (Å²) in [4.78, 5) is 11.4. The number of benzene rings is 1. The fraction of sp³-hybridized carbons (Fsp3) is 0.222. The average Bonchev–Trinajstić information content (AvgIpc) is 2.04. The van der Waals surface area contributed by atoms with Crippen LogP contribution in [0.25, 0.3) is 0 Å². The van der Waals surface area contributed by atoms with E-state index in [1.807, 2.05) is 25.1 Å². The number of hydrogen-bond acceptors (Lipinski definition) is 2. The summed E-state index contributed by atoms with van der Waals surface area (Å²) in [5.74, 6) is -0.0727. The van der Waals surface area contributed by atoms with Crippen LogP contribution < -0.4 is 0 Å². The van der Waals surface area contributed by atoms with Crippen molar-refractivity contribution >= 4 is 18.7 Å². The van der Waals surface area contributed by atoms with Crippen LogP contribution in [0, 0.1) is 6.92 Å². The summed E-state index contributed by atoms with van der Waals surface area (Å²) in [5.41, 5.74) is 1.68. The van der Waals surface area contributed by atoms with Gasteiger partial charge in [0.1, 0.15) is 0 Å². The molecule has 0 aromatic heterocycles. The molecule has 1 aromatic carbocycles. The molecule has 0 fully saturated rings. The van der Waals surface area contributed by atoms with Gasteiger partial charge < -0.3 is 0 Å². The molecular weight excluding hydrogens is 170 g/mol. The van der Waals surface area contributed by atoms with Gasteiger partial charge in [0, 0.05) is 12.6 Å². The van der Waals surface area contributed by atoms with E-state index >= 15 is 0 Å². The molecule has 0 atom stereocenters. The van der Waals surface area contributed by atoms with E-state index in [1.54, 1.807) is 13.1 Å². The van der Waals surface area contributed by atoms with Crippen LogP contribution in [0.5, 0.6) is 0 Å². The van der Waals surface area contributed by atoms with Crippen LogP contribution >= 0.6 is 12.8 Å². The molecule has 0 N–H and O–H groups in total. The van der Waals surface area contributed by atoms with Crippen LogP contribution in [-0.2, 0) is 0 Å². The number of carbonyl (C=O) groups is 1. The third-order valence-corrected chi connectivity index (χ3v) is 1.85. The predicted octanol–water partition coefficient (Wildman–Crippen LogP) is 1.91. The fourth-order valence-electron chi connectivity index (χ4n) is 0.987. The van der Waals surface area contributed by atoms with E-state index in [-0.39, 0.29) is 5.91 Å². The van der Waals surface area contributed by atoms with Gasteiger partial charge in [0.25, 0.3) is 5.91 Å². The molecule has 0 saturated carbocycles. The summed E-state index contributed by atoms with van der Waals surface area (Å²) >= 11 is 3.94. The van der Waals surface area contributed by atoms with E-state index in [1.165, 1.54) is 4.31 Å². The SMILES string of the molecule is Cc1ccccc1C(=O)N(C)S. The summed E-state index contributed by atoms with van der Waals surface area (Å²) in [6.07, 6.45) is 0. The van der Waals surface area contributed by atoms with E-state index < -0.39 is 0 Å². The molecule has 0 saturated heterocycles. The largest absolute Gasteiger partial charge is 0.288 e. The molecule has 1 amide bonds. The van der Waals surface area contributed by atoms with Gasteiger partial charge in [-0.3, -0.25) is 9.10 Å². The third-order valence-electron chi connectivity index (χ3n) is 1.67. The second-order valence-electron chi connectivity index (χ2n) is 2.64. The lowest BCUT2D eigenvalue weighted by atomic mass is 10.1. The van der Waals surface area contributed by atoms with Crippen LogP contribution in [0.4, 0.5) is 0 Å². The summed E-state index contributed by atoms with van der Waals surface area (Å²) in [6.45, 7) is 1.91. The fourth-order valence-corrected chi connectivity index (χ4v) is 1.09. The van der Waals surface area contributed by atoms with E-state index in [2.05, 4.69) is 12.8 Å². The third kappa shape index (κ3) is 1.80. The van der Waals surface area contributed by atoms with Crippen molar-refractivity contribution in [1.82, 2.24) is 4.31 Å². The maximum atomic E-state index is 11.4. The van der Waals surface area contributed by atoms with Crippen molar-refractivity contribution in [3.8, 4) is 0 Å². The van der Waals surface area contributed by atoms with Crippen molar-refractivity contribution in [2.24, 2.45) is 0 Å². The minimum atomic E-state index is -0.0727. The lowest BCUT2D eigenvalue weighted by Crippen LogP contribution is -2.17. The highest BCUT2D eigenvalue weighted by atomic mass is 32.1. The van der Waals surface area contributed by atoms with E-state index in [4.69, 9.17) is 0 Å². The maximum absolute atomic E-state index is 11.4. The van der Waals surface area contributed by atoms with Crippen LogP contribution in [0.3, 0.4) is 0 Å². The molecule has 0 bridgehead atoms. The number of hydrogen-bond donors (Lipinski definition) is 1. The zero-order chi connectivity index (χ0) is 9.14. The van der Waals surface area contributed by atoms with Crippen molar-refractivity contribution in [3.63, 3.8) is 0 Å². The molecule has 2 nitrogen and oxygen atoms in total. The highest BCUT2D eigenvalue weighted by molar-refractivity contribution is 7.78. The van der Waals surface area contributed by atoms with E-state index in [9.17, 15) is 4.79 Å². The Labute approximate surface area is 77.7 Å². The number of carbonyl (C=O) groups excluding carboxylic acids is 1. The molecule has 1 aromatic rings. The molecule has 0 aliphatic carbocycles. The minimum absolute atomic E-state index is 0.0727. The first-order valence-corrected chi connectivity index (χ1v) is 4.05. The lowest BCUT2D eigenvalue weighted by molar-refractivity contribution is 0.0893. The molecule has 12 heavy (non-hydrogen) atoms. The van der Waals surface area contributed by atoms with Gasteiger partial charge in [-0.05, 0) is 18.6 Å². The van der Waals surface area contributed by atoms with Gasteiger partial charge in [0.05, 0.1) is 0 Å². The van der Waals surface area contributed by atoms with Crippen molar-refractivity contribution in [2.75, 3.05) is 7.05 Å². The van der Waals surface area contributed by atoms with E-state index in [0.717, 1.165) is 5.56 Å². The molecule has 3 heteroatoms. The number of amides is 1. The summed E-state index contributed by atoms with van der Waals surface area (Å²) in [5, 5.41) is 0. The molecule has 1 rings (SSSR count). The van der Waals surface area contributed by atoms with Crippen LogP contribution in [0.15, 0.2) is 24.3 Å². The van der Waals surface area contributed by atoms with Gasteiger partial charge in [-0.15, -0.1) is 0 Å². The van der Waals surface area contributed by atoms with Gasteiger partial charge in [-0.2, -0.15) is 0 Å². The summed E-state index contributed by atoms with van der Waals surface area (Å²) in [7, 11) is 1.62. The molecule has 64 valence electrons. The Morgan fingerprint density at radius 3 is 2.50 bits per heavy atom. The number of thiol groups is 1. The van der Waals surface area contributed by atoms with Crippen LogP contribution in [0.2, 0.25) is 0 Å². The van der Waals surface area contributed by atoms with Crippen LogP contribution in [0.1, 0.15) is 15.9 Å². The first-order chi connectivity index (χ1) is 5.63. The Balaban J connectivity index is 3.03. The highest BCUT2D eigenvalue weighted by Crippen LogP contribution is 2.10. The minimum Gasteiger partial charge on any atom is -0.288 e. The molecule has 0 aliphatic rings. The normalized spacial score (nSPS) is 9.58. The highest BCUT2D eigenvalue weighted by Gasteiger charge is 2.09. The van der Waals surface area contributed by atoms with Crippen molar-refractivity contribution < 1.29 is 4.79 Å². The molecular formula is C9H11NOS. The Morgan fingerprint density at radius 1 is 1.42 bits per heavy atom. The topological polar surface area (TPSA) is 20.3 Å². The lowest BCUT2D eigenvalue weighted by Gasteiger charge is -2.10. The van der Waals surface area contributed by atoms with Crippen molar-refractivity contribution in [3.05, 3.63) is 35.4 Å². The van der Waals surface area contributed by atoms with E-state index in [0.29, 0.717) is 5.56 Å². The zero-order valence-corrected chi connectivity index (χ0v) is 8.01. The Bertz CT molecular complexity index is 296. The van der Waals surface area contributed by atoms with Gasteiger partial charge in [0.2, 0.25) is 0 Å². The van der Waals surface area contributed by atoms with Gasteiger partial charge in [0.15, 0.2) is 0 Å². The molecule has 0 heterocycles. The zero-order valence-electron chi connectivity index (χ0n) is 7.11. The summed E-state index contributed by atoms with van der Waals surface area (Å²) < 4.78 is 1.28. The Kier molecular flexibility index (Phi) is 2.76. The number of aryl methyl sites for hydroxylation is 1. The monoisotopic (exact) mass is 181 g/mol. The quantitative estimate of drug-likeness (QED) is 0.656. The van der Waals surface area contributed by atoms with Crippen molar-refractivity contribution in [2.45, 2.75) is 6.92 Å². The first kappa shape index (κ1) is 9.13. The summed E-state index contributed by atoms with van der Waals surface area (Å²) in [6, 6.07) is 7.46. The predicted molar refractivity (Wildman–Crippen MR) is 52.3 cm³/mol. The number of nitrogens with zero attached hydrogens (tertiary/aromatic N) is 1. The Hall–Kier alpha value is -0.960. The molecule has 0 unspecified atom stereocenters. The van der Waals surface area contributed by atoms with Crippen molar-refractivity contribution in [1.29, 1.82) is 0 Å². The smallest absolute Gasteiger partial charge is 0.263 e. The first-order valence-electron chi connectivity index (χ1n) is 3.65. The second kappa shape index (κ2) is 3.63. The maximum Gasteiger partial charge on any atom is 0.263 e. The Morgan fingerprint density at radius 2 is 2.00 bits per heavy atom. The number of rotatable bonds is 1. The van der Waals surface area contributed by atoms with Crippen LogP contribution in [-0.4, -0.2) is 17.3 Å². The van der Waals surface area contributed by atoms with Gasteiger partial charge in [-0.25, -0.2) is 0 Å². The van der Waals surface area contributed by atoms with Gasteiger partial charge >= 0.3 is 0 Å². The second-order valence-corrected chi connectivity index (χ2v) is 3.24. The standard InChI is InChI=1S/C9H11NOS/c1-7-5-3-4-6-8(7)9(11)10(2)12/h3-6,12H,1-2H3. The molecule has 0 aliphatic heterocycles. The average molecular weight is 181 g/mol. The van der Waals surface area contributed by atoms with Gasteiger partial charge in [-0.1, -0.05) is 31.0 Å².